The maximum atomic E-state index is 12.8. The van der Waals surface area contributed by atoms with Crippen LogP contribution in [0.2, 0.25) is 0 Å². The van der Waals surface area contributed by atoms with E-state index >= 15 is 0 Å². The normalized spacial score (nSPS) is 12.4. The lowest BCUT2D eigenvalue weighted by Gasteiger charge is -2.10. The highest BCUT2D eigenvalue weighted by atomic mass is 32.2. The number of nitrogens with zero attached hydrogens (tertiary/aromatic N) is 3. The van der Waals surface area contributed by atoms with E-state index < -0.39 is 11.7 Å². The van der Waals surface area contributed by atoms with Crippen LogP contribution in [-0.2, 0) is 13.2 Å². The minimum Gasteiger partial charge on any atom is -0.306 e. The van der Waals surface area contributed by atoms with Crippen molar-refractivity contribution < 1.29 is 13.2 Å². The number of hydrogen-bond acceptors (Lipinski definition) is 3. The summed E-state index contributed by atoms with van der Waals surface area (Å²) in [5.41, 5.74) is 2.46. The maximum absolute atomic E-state index is 12.8. The van der Waals surface area contributed by atoms with Crippen molar-refractivity contribution in [2.45, 2.75) is 11.1 Å². The van der Waals surface area contributed by atoms with Gasteiger partial charge in [0, 0.05) is 29.2 Å². The summed E-state index contributed by atoms with van der Waals surface area (Å²) >= 11 is 1.14. The summed E-state index contributed by atoms with van der Waals surface area (Å²) in [6.45, 7) is 0. The molecule has 4 rings (SSSR count). The third-order valence-electron chi connectivity index (χ3n) is 4.10. The van der Waals surface area contributed by atoms with E-state index in [0.717, 1.165) is 50.9 Å². The standard InChI is InChI=1S/C17H13F3N4S/c1-23-9-15-16(22-23)13-8-12(25-21)6-7-14(13)24(15)11-4-2-10(3-5-11)17(18,19)20/h2-9H,21H2,1H3. The largest absolute Gasteiger partial charge is 0.416 e. The van der Waals surface area contributed by atoms with E-state index in [1.807, 2.05) is 36.0 Å². The van der Waals surface area contributed by atoms with Gasteiger partial charge in [0.2, 0.25) is 0 Å². The van der Waals surface area contributed by atoms with Gasteiger partial charge < -0.3 is 4.57 Å². The van der Waals surface area contributed by atoms with Crippen LogP contribution < -0.4 is 5.14 Å². The van der Waals surface area contributed by atoms with Gasteiger partial charge >= 0.3 is 6.18 Å². The first-order valence-electron chi connectivity index (χ1n) is 7.40. The highest BCUT2D eigenvalue weighted by Crippen LogP contribution is 2.34. The van der Waals surface area contributed by atoms with Crippen LogP contribution in [0.15, 0.2) is 53.6 Å². The van der Waals surface area contributed by atoms with E-state index in [4.69, 9.17) is 5.14 Å². The zero-order valence-electron chi connectivity index (χ0n) is 13.1. The molecule has 4 nitrogen and oxygen atoms in total. The second-order valence-corrected chi connectivity index (χ2v) is 6.42. The number of fused-ring (bicyclic) bond motifs is 3. The Labute approximate surface area is 145 Å². The Hall–Kier alpha value is -2.45. The van der Waals surface area contributed by atoms with Crippen LogP contribution in [0, 0.1) is 0 Å². The van der Waals surface area contributed by atoms with Gasteiger partial charge in [-0.3, -0.25) is 9.82 Å². The zero-order chi connectivity index (χ0) is 17.8. The maximum Gasteiger partial charge on any atom is 0.416 e. The second kappa shape index (κ2) is 5.53. The number of aryl methyl sites for hydroxylation is 1. The lowest BCUT2D eigenvalue weighted by Crippen LogP contribution is -2.05. The van der Waals surface area contributed by atoms with Crippen molar-refractivity contribution in [2.75, 3.05) is 0 Å². The molecule has 0 saturated heterocycles. The van der Waals surface area contributed by atoms with Crippen molar-refractivity contribution in [3.63, 3.8) is 0 Å². The summed E-state index contributed by atoms with van der Waals surface area (Å²) in [5, 5.41) is 11.0. The van der Waals surface area contributed by atoms with Gasteiger partial charge in [0.1, 0.15) is 5.52 Å². The molecule has 128 valence electrons. The number of aromatic nitrogens is 3. The number of nitrogens with two attached hydrogens (primary N) is 1. The van der Waals surface area contributed by atoms with Crippen molar-refractivity contribution in [1.82, 2.24) is 14.3 Å². The van der Waals surface area contributed by atoms with E-state index in [0.29, 0.717) is 5.69 Å². The molecule has 0 fully saturated rings. The lowest BCUT2D eigenvalue weighted by atomic mass is 10.2. The Morgan fingerprint density at radius 3 is 2.40 bits per heavy atom. The van der Waals surface area contributed by atoms with Crippen LogP contribution in [-0.4, -0.2) is 14.3 Å². The zero-order valence-corrected chi connectivity index (χ0v) is 13.9. The molecule has 2 heterocycles. The molecule has 0 bridgehead atoms. The van der Waals surface area contributed by atoms with Crippen LogP contribution in [0.1, 0.15) is 5.56 Å². The molecule has 0 saturated carbocycles. The Morgan fingerprint density at radius 2 is 1.76 bits per heavy atom. The molecule has 8 heteroatoms. The van der Waals surface area contributed by atoms with E-state index in [1.165, 1.54) is 12.1 Å². The molecule has 4 aromatic rings. The Balaban J connectivity index is 1.99. The van der Waals surface area contributed by atoms with Gasteiger partial charge in [-0.15, -0.1) is 0 Å². The van der Waals surface area contributed by atoms with Crippen molar-refractivity contribution >= 4 is 33.9 Å². The van der Waals surface area contributed by atoms with Crippen LogP contribution in [0.3, 0.4) is 0 Å². The van der Waals surface area contributed by atoms with Crippen LogP contribution in [0.4, 0.5) is 13.2 Å². The fourth-order valence-electron chi connectivity index (χ4n) is 3.01. The van der Waals surface area contributed by atoms with E-state index in [2.05, 4.69) is 5.10 Å². The van der Waals surface area contributed by atoms with Gasteiger partial charge in [-0.1, -0.05) is 0 Å². The molecule has 0 spiro atoms. The van der Waals surface area contributed by atoms with Crippen LogP contribution >= 0.6 is 11.9 Å². The third kappa shape index (κ3) is 2.58. The van der Waals surface area contributed by atoms with Gasteiger partial charge in [0.15, 0.2) is 0 Å². The average molecular weight is 362 g/mol. The SMILES string of the molecule is Cn1cc2c(n1)c1cc(SN)ccc1n2-c1ccc(C(F)(F)F)cc1. The van der Waals surface area contributed by atoms with E-state index in [9.17, 15) is 13.2 Å². The first kappa shape index (κ1) is 16.0. The minimum atomic E-state index is -4.35. The highest BCUT2D eigenvalue weighted by Gasteiger charge is 2.30. The Kier molecular flexibility index (Phi) is 3.55. The molecule has 25 heavy (non-hydrogen) atoms. The Morgan fingerprint density at radius 1 is 1.04 bits per heavy atom. The van der Waals surface area contributed by atoms with Crippen molar-refractivity contribution in [3.8, 4) is 5.69 Å². The number of hydrogen-bond donors (Lipinski definition) is 1. The smallest absolute Gasteiger partial charge is 0.306 e. The fraction of sp³-hybridized carbons (Fsp3) is 0.118. The monoisotopic (exact) mass is 362 g/mol. The number of rotatable bonds is 2. The first-order valence-corrected chi connectivity index (χ1v) is 8.28. The predicted octanol–water partition coefficient (Wildman–Crippen LogP) is 4.50. The Bertz CT molecular complexity index is 1080. The molecule has 2 N–H and O–H groups in total. The van der Waals surface area contributed by atoms with Gasteiger partial charge in [0.25, 0.3) is 0 Å². The molecular formula is C17H13F3N4S. The molecule has 0 atom stereocenters. The first-order chi connectivity index (χ1) is 11.9. The summed E-state index contributed by atoms with van der Waals surface area (Å²) < 4.78 is 42.1. The quantitative estimate of drug-likeness (QED) is 0.534. The molecule has 0 aliphatic rings. The molecule has 0 radical (unpaired) electrons. The summed E-state index contributed by atoms with van der Waals surface area (Å²) in [5.74, 6) is 0. The summed E-state index contributed by atoms with van der Waals surface area (Å²) in [6.07, 6.45) is -2.50. The van der Waals surface area contributed by atoms with Crippen molar-refractivity contribution in [2.24, 2.45) is 12.2 Å². The molecule has 0 unspecified atom stereocenters. The van der Waals surface area contributed by atoms with Crippen molar-refractivity contribution in [1.29, 1.82) is 0 Å². The molecular weight excluding hydrogens is 349 g/mol. The van der Waals surface area contributed by atoms with E-state index in [1.54, 1.807) is 4.68 Å². The lowest BCUT2D eigenvalue weighted by molar-refractivity contribution is -0.137. The predicted molar refractivity (Wildman–Crippen MR) is 92.6 cm³/mol. The number of alkyl halides is 3. The molecule has 2 aromatic carbocycles. The molecule has 0 aliphatic carbocycles. The topological polar surface area (TPSA) is 48.8 Å². The molecule has 0 amide bonds. The van der Waals surface area contributed by atoms with Crippen molar-refractivity contribution in [3.05, 3.63) is 54.2 Å². The second-order valence-electron chi connectivity index (χ2n) is 5.71. The fourth-order valence-corrected chi connectivity index (χ4v) is 3.34. The average Bonchev–Trinajstić information content (AvgIpc) is 3.08. The summed E-state index contributed by atoms with van der Waals surface area (Å²) in [7, 11) is 1.81. The summed E-state index contributed by atoms with van der Waals surface area (Å²) in [4.78, 5) is 0.893. The highest BCUT2D eigenvalue weighted by molar-refractivity contribution is 7.97. The molecule has 0 aliphatic heterocycles. The summed E-state index contributed by atoms with van der Waals surface area (Å²) in [6, 6.07) is 10.9. The van der Waals surface area contributed by atoms with E-state index in [-0.39, 0.29) is 0 Å². The molecule has 2 aromatic heterocycles. The number of benzene rings is 2. The van der Waals surface area contributed by atoms with Crippen LogP contribution in [0.25, 0.3) is 27.6 Å². The van der Waals surface area contributed by atoms with Gasteiger partial charge in [-0.05, 0) is 54.4 Å². The van der Waals surface area contributed by atoms with Gasteiger partial charge in [-0.2, -0.15) is 18.3 Å². The minimum absolute atomic E-state index is 0.647. The van der Waals surface area contributed by atoms with Gasteiger partial charge in [0.05, 0.1) is 16.6 Å². The number of halogens is 3. The van der Waals surface area contributed by atoms with Gasteiger partial charge in [-0.25, -0.2) is 0 Å². The van der Waals surface area contributed by atoms with Crippen LogP contribution in [0.5, 0.6) is 0 Å². The third-order valence-corrected chi connectivity index (χ3v) is 4.63.